The van der Waals surface area contributed by atoms with Gasteiger partial charge in [0.1, 0.15) is 6.61 Å². The van der Waals surface area contributed by atoms with Crippen molar-refractivity contribution in [2.75, 3.05) is 26.9 Å². The summed E-state index contributed by atoms with van der Waals surface area (Å²) in [7, 11) is 1.44. The van der Waals surface area contributed by atoms with Gasteiger partial charge in [0.2, 0.25) is 0 Å². The van der Waals surface area contributed by atoms with Gasteiger partial charge < -0.3 is 34.3 Å². The number of hydrazone groups is 1. The lowest BCUT2D eigenvalue weighted by Crippen LogP contribution is -2.45. The zero-order valence-electron chi connectivity index (χ0n) is 25.8. The highest BCUT2D eigenvalue weighted by atomic mass is 79.9. The molecule has 1 atom stereocenters. The molecule has 1 aliphatic rings. The molecule has 3 aromatic carbocycles. The minimum absolute atomic E-state index is 0.181. The van der Waals surface area contributed by atoms with Crippen LogP contribution in [0.15, 0.2) is 81.5 Å². The zero-order valence-corrected chi connectivity index (χ0v) is 27.4. The van der Waals surface area contributed by atoms with Gasteiger partial charge in [0, 0.05) is 15.7 Å². The summed E-state index contributed by atoms with van der Waals surface area (Å²) < 4.78 is 28.8. The van der Waals surface area contributed by atoms with Gasteiger partial charge in [0.25, 0.3) is 5.91 Å². The highest BCUT2D eigenvalue weighted by molar-refractivity contribution is 9.10. The van der Waals surface area contributed by atoms with Crippen LogP contribution in [-0.4, -0.2) is 51.1 Å². The maximum Gasteiger partial charge on any atom is 0.338 e. The Morgan fingerprint density at radius 3 is 2.43 bits per heavy atom. The first kappa shape index (κ1) is 33.8. The molecule has 0 spiro atoms. The van der Waals surface area contributed by atoms with Gasteiger partial charge in [0.15, 0.2) is 29.6 Å². The van der Waals surface area contributed by atoms with Gasteiger partial charge in [-0.3, -0.25) is 4.79 Å². The molecule has 3 aromatic rings. The quantitative estimate of drug-likeness (QED) is 0.119. The van der Waals surface area contributed by atoms with E-state index in [1.54, 1.807) is 44.2 Å². The molecule has 4 rings (SSSR count). The number of hydrogen-bond donors (Lipinski definition) is 3. The van der Waals surface area contributed by atoms with Crippen LogP contribution in [-0.2, 0) is 20.9 Å². The van der Waals surface area contributed by atoms with E-state index in [4.69, 9.17) is 23.7 Å². The van der Waals surface area contributed by atoms with Gasteiger partial charge in [-0.15, -0.1) is 0 Å². The maximum atomic E-state index is 12.6. The lowest BCUT2D eigenvalue weighted by molar-refractivity contribution is -0.139. The van der Waals surface area contributed by atoms with Crippen LogP contribution in [0.1, 0.15) is 43.5 Å². The van der Waals surface area contributed by atoms with Crippen molar-refractivity contribution in [2.24, 2.45) is 5.10 Å². The van der Waals surface area contributed by atoms with Crippen LogP contribution in [0.2, 0.25) is 0 Å². The monoisotopic (exact) mass is 694 g/mol. The normalized spacial score (nSPS) is 14.3. The second-order valence-corrected chi connectivity index (χ2v) is 10.7. The zero-order chi connectivity index (χ0) is 33.1. The highest BCUT2D eigenvalue weighted by Crippen LogP contribution is 2.35. The molecule has 3 amide bonds. The summed E-state index contributed by atoms with van der Waals surface area (Å²) in [5.41, 5.74) is 5.34. The minimum atomic E-state index is -0.777. The number of halogens is 1. The van der Waals surface area contributed by atoms with Crippen LogP contribution in [0.25, 0.3) is 0 Å². The number of allylic oxidation sites excluding steroid dienone is 1. The smallest absolute Gasteiger partial charge is 0.338 e. The Hall–Kier alpha value is -5.04. The Balaban J connectivity index is 1.39. The number of urea groups is 1. The minimum Gasteiger partial charge on any atom is -0.493 e. The fourth-order valence-electron chi connectivity index (χ4n) is 4.52. The van der Waals surface area contributed by atoms with Crippen molar-refractivity contribution in [3.8, 4) is 23.0 Å². The maximum absolute atomic E-state index is 12.6. The summed E-state index contributed by atoms with van der Waals surface area (Å²) in [5, 5.41) is 9.39. The van der Waals surface area contributed by atoms with Gasteiger partial charge >= 0.3 is 12.0 Å². The molecule has 1 heterocycles. The molecule has 1 aliphatic heterocycles. The number of carbonyl (C=O) groups is 3. The first-order chi connectivity index (χ1) is 22.2. The Morgan fingerprint density at radius 2 is 1.72 bits per heavy atom. The Bertz CT molecular complexity index is 1630. The standard InChI is InChI=1S/C33H35BrN4O8/c1-5-43-27-15-23(24(34)16-28(27)45-18-21-10-8-7-9-11-21)17-35-38-29(39)19-46-25-13-12-22(14-26(25)42-4)31-30(32(40)44-6-2)20(3)36-33(41)37-31/h7-17,31H,5-6,18-19H2,1-4H3,(H,38,39)(H2,36,37,41)/b35-17-/t31-/m0/s1. The number of nitrogens with zero attached hydrogens (tertiary/aromatic N) is 1. The van der Waals surface area contributed by atoms with Crippen molar-refractivity contribution in [1.82, 2.24) is 16.1 Å². The van der Waals surface area contributed by atoms with Gasteiger partial charge in [-0.2, -0.15) is 5.10 Å². The van der Waals surface area contributed by atoms with E-state index < -0.39 is 23.9 Å². The fourth-order valence-corrected chi connectivity index (χ4v) is 4.95. The summed E-state index contributed by atoms with van der Waals surface area (Å²) in [4.78, 5) is 37.4. The number of amides is 3. The highest BCUT2D eigenvalue weighted by Gasteiger charge is 2.32. The van der Waals surface area contributed by atoms with Crippen molar-refractivity contribution in [1.29, 1.82) is 0 Å². The fraction of sp³-hybridized carbons (Fsp3) is 0.273. The average molecular weight is 696 g/mol. The number of esters is 1. The molecule has 0 unspecified atom stereocenters. The average Bonchev–Trinajstić information content (AvgIpc) is 3.04. The summed E-state index contributed by atoms with van der Waals surface area (Å²) in [6.45, 7) is 5.84. The van der Waals surface area contributed by atoms with E-state index in [1.807, 2.05) is 37.3 Å². The van der Waals surface area contributed by atoms with Crippen LogP contribution in [0, 0.1) is 0 Å². The van der Waals surface area contributed by atoms with E-state index in [0.717, 1.165) is 5.56 Å². The Labute approximate surface area is 275 Å². The molecule has 0 saturated carbocycles. The SMILES string of the molecule is CCOC(=O)C1=C(C)NC(=O)N[C@H]1c1ccc(OCC(=O)N/N=C\c2cc(OCC)c(OCc3ccccc3)cc2Br)c(OC)c1. The van der Waals surface area contributed by atoms with Crippen LogP contribution in [0.3, 0.4) is 0 Å². The number of ether oxygens (including phenoxy) is 5. The molecule has 242 valence electrons. The molecule has 0 radical (unpaired) electrons. The largest absolute Gasteiger partial charge is 0.493 e. The molecule has 0 aliphatic carbocycles. The topological polar surface area (TPSA) is 146 Å². The van der Waals surface area contributed by atoms with Crippen LogP contribution in [0.5, 0.6) is 23.0 Å². The predicted molar refractivity (Wildman–Crippen MR) is 174 cm³/mol. The number of rotatable bonds is 14. The Kier molecular flexibility index (Phi) is 12.0. The van der Waals surface area contributed by atoms with Crippen molar-refractivity contribution in [3.63, 3.8) is 0 Å². The number of carbonyl (C=O) groups excluding carboxylic acids is 3. The first-order valence-electron chi connectivity index (χ1n) is 14.4. The number of nitrogens with one attached hydrogen (secondary N) is 3. The molecular formula is C33H35BrN4O8. The van der Waals surface area contributed by atoms with E-state index in [0.29, 0.717) is 51.8 Å². The van der Waals surface area contributed by atoms with Gasteiger partial charge in [-0.1, -0.05) is 36.4 Å². The van der Waals surface area contributed by atoms with Crippen molar-refractivity contribution in [3.05, 3.63) is 93.1 Å². The predicted octanol–water partition coefficient (Wildman–Crippen LogP) is 5.16. The molecule has 0 bridgehead atoms. The van der Waals surface area contributed by atoms with Crippen LogP contribution < -0.4 is 35.0 Å². The molecule has 46 heavy (non-hydrogen) atoms. The molecule has 12 nitrogen and oxygen atoms in total. The van der Waals surface area contributed by atoms with Crippen LogP contribution >= 0.6 is 15.9 Å². The molecule has 3 N–H and O–H groups in total. The van der Waals surface area contributed by atoms with E-state index in [9.17, 15) is 14.4 Å². The second-order valence-electron chi connectivity index (χ2n) is 9.81. The third-order valence-electron chi connectivity index (χ3n) is 6.64. The lowest BCUT2D eigenvalue weighted by atomic mass is 9.95. The number of methoxy groups -OCH3 is 1. The molecule has 0 aromatic heterocycles. The van der Waals surface area contributed by atoms with Gasteiger partial charge in [-0.25, -0.2) is 15.0 Å². The summed E-state index contributed by atoms with van der Waals surface area (Å²) in [5.74, 6) is 0.613. The third kappa shape index (κ3) is 8.78. The lowest BCUT2D eigenvalue weighted by Gasteiger charge is -2.28. The van der Waals surface area contributed by atoms with Gasteiger partial charge in [0.05, 0.1) is 38.2 Å². The van der Waals surface area contributed by atoms with Crippen molar-refractivity contribution in [2.45, 2.75) is 33.4 Å². The van der Waals surface area contributed by atoms with Crippen molar-refractivity contribution >= 4 is 40.1 Å². The number of benzene rings is 3. The third-order valence-corrected chi connectivity index (χ3v) is 7.32. The molecule has 13 heteroatoms. The summed E-state index contributed by atoms with van der Waals surface area (Å²) in [6.07, 6.45) is 1.48. The second kappa shape index (κ2) is 16.3. The van der Waals surface area contributed by atoms with E-state index in [1.165, 1.54) is 13.3 Å². The van der Waals surface area contributed by atoms with Crippen LogP contribution in [0.4, 0.5) is 4.79 Å². The van der Waals surface area contributed by atoms with E-state index in [2.05, 4.69) is 37.1 Å². The first-order valence-corrected chi connectivity index (χ1v) is 15.2. The summed E-state index contributed by atoms with van der Waals surface area (Å²) >= 11 is 3.53. The Morgan fingerprint density at radius 1 is 0.957 bits per heavy atom. The molecule has 0 fully saturated rings. The summed E-state index contributed by atoms with van der Waals surface area (Å²) in [6, 6.07) is 17.0. The molecular weight excluding hydrogens is 660 g/mol. The van der Waals surface area contributed by atoms with Gasteiger partial charge in [-0.05, 0) is 72.1 Å². The van der Waals surface area contributed by atoms with E-state index in [-0.39, 0.29) is 24.5 Å². The number of hydrogen-bond acceptors (Lipinski definition) is 9. The van der Waals surface area contributed by atoms with E-state index >= 15 is 0 Å². The molecule has 0 saturated heterocycles. The van der Waals surface area contributed by atoms with Crippen molar-refractivity contribution < 1.29 is 38.1 Å².